The molecule has 0 bridgehead atoms. The van der Waals surface area contributed by atoms with E-state index in [1.807, 2.05) is 0 Å². The van der Waals surface area contributed by atoms with Gasteiger partial charge in [0.2, 0.25) is 23.6 Å². The van der Waals surface area contributed by atoms with Crippen LogP contribution in [0.2, 0.25) is 0 Å². The molecule has 0 saturated heterocycles. The van der Waals surface area contributed by atoms with Crippen LogP contribution in [0.15, 0.2) is 29.3 Å². The standard InChI is InChI=1S/C30H49N9O9/c1-16(2)24(28(46)38-22(29(47)48)14-17-8-10-18(40)11-9-17)39-27(45)21(15-23(41)42)37-26(44)20(7-3-4-12-31)36-25(43)19(32)6-5-13-35-30(33)34/h8-11,16,19-22,24,40H,3-7,12-15,31-32H2,1-2H3,(H,36,43)(H,37,44)(H,38,46)(H,39,45)(H,41,42)(H,47,48)(H4,33,34,35)/t19-,20-,21-,22+,24-/m0/s1. The second-order valence-electron chi connectivity index (χ2n) is 11.6. The first-order valence-corrected chi connectivity index (χ1v) is 15.5. The molecule has 0 saturated carbocycles. The lowest BCUT2D eigenvalue weighted by Crippen LogP contribution is -2.59. The molecule has 0 radical (unpaired) electrons. The van der Waals surface area contributed by atoms with Crippen molar-refractivity contribution in [1.82, 2.24) is 21.3 Å². The van der Waals surface area contributed by atoms with Crippen LogP contribution in [0.5, 0.6) is 5.75 Å². The summed E-state index contributed by atoms with van der Waals surface area (Å²) in [5.41, 5.74) is 22.6. The number of nitrogens with zero attached hydrogens (tertiary/aromatic N) is 1. The van der Waals surface area contributed by atoms with E-state index in [1.165, 1.54) is 24.3 Å². The smallest absolute Gasteiger partial charge is 0.326 e. The van der Waals surface area contributed by atoms with Gasteiger partial charge in [-0.25, -0.2) is 4.79 Å². The third-order valence-corrected chi connectivity index (χ3v) is 7.13. The molecule has 0 unspecified atom stereocenters. The number of amides is 4. The molecule has 1 rings (SSSR count). The van der Waals surface area contributed by atoms with E-state index in [9.17, 15) is 44.1 Å². The normalized spacial score (nSPS) is 14.0. The van der Waals surface area contributed by atoms with Crippen LogP contribution in [0.25, 0.3) is 0 Å². The van der Waals surface area contributed by atoms with E-state index in [4.69, 9.17) is 22.9 Å². The number of carboxylic acids is 2. The molecule has 18 heteroatoms. The first-order valence-electron chi connectivity index (χ1n) is 15.5. The first-order chi connectivity index (χ1) is 22.5. The fourth-order valence-electron chi connectivity index (χ4n) is 4.47. The van der Waals surface area contributed by atoms with E-state index in [0.717, 1.165) is 0 Å². The molecule has 1 aromatic carbocycles. The maximum absolute atomic E-state index is 13.3. The van der Waals surface area contributed by atoms with E-state index < -0.39 is 78.1 Å². The van der Waals surface area contributed by atoms with Gasteiger partial charge in [0.05, 0.1) is 12.5 Å². The van der Waals surface area contributed by atoms with Crippen molar-refractivity contribution >= 4 is 41.5 Å². The first kappa shape index (κ1) is 41.1. The molecule has 0 aliphatic rings. The number of phenols is 1. The quantitative estimate of drug-likeness (QED) is 0.0346. The molecular weight excluding hydrogens is 630 g/mol. The van der Waals surface area contributed by atoms with Crippen LogP contribution < -0.4 is 44.2 Å². The van der Waals surface area contributed by atoms with Crippen LogP contribution in [-0.4, -0.2) is 100 Å². The second-order valence-corrected chi connectivity index (χ2v) is 11.6. The number of aromatic hydroxyl groups is 1. The van der Waals surface area contributed by atoms with E-state index in [1.54, 1.807) is 13.8 Å². The van der Waals surface area contributed by atoms with Crippen LogP contribution in [0.3, 0.4) is 0 Å². The number of aliphatic imine (C=N–C) groups is 1. The Balaban J connectivity index is 3.07. The lowest BCUT2D eigenvalue weighted by atomic mass is 10.0. The third-order valence-electron chi connectivity index (χ3n) is 7.13. The average Bonchev–Trinajstić information content (AvgIpc) is 3.00. The summed E-state index contributed by atoms with van der Waals surface area (Å²) < 4.78 is 0. The largest absolute Gasteiger partial charge is 0.508 e. The van der Waals surface area contributed by atoms with Crippen molar-refractivity contribution in [3.8, 4) is 5.75 Å². The van der Waals surface area contributed by atoms with Crippen molar-refractivity contribution in [2.75, 3.05) is 13.1 Å². The minimum Gasteiger partial charge on any atom is -0.508 e. The van der Waals surface area contributed by atoms with Gasteiger partial charge in [-0.05, 0) is 62.3 Å². The Hall–Kier alpha value is -4.97. The molecule has 0 aliphatic carbocycles. The van der Waals surface area contributed by atoms with Crippen LogP contribution in [0, 0.1) is 5.92 Å². The highest BCUT2D eigenvalue weighted by molar-refractivity contribution is 5.96. The van der Waals surface area contributed by atoms with Crippen molar-refractivity contribution < 1.29 is 44.1 Å². The zero-order chi connectivity index (χ0) is 36.4. The summed E-state index contributed by atoms with van der Waals surface area (Å²) in [4.78, 5) is 80.0. The summed E-state index contributed by atoms with van der Waals surface area (Å²) in [6, 6.07) is -0.880. The van der Waals surface area contributed by atoms with Crippen LogP contribution in [0.4, 0.5) is 0 Å². The van der Waals surface area contributed by atoms with Crippen molar-refractivity contribution in [1.29, 1.82) is 0 Å². The van der Waals surface area contributed by atoms with Gasteiger partial charge in [0.25, 0.3) is 0 Å². The molecule has 18 nitrogen and oxygen atoms in total. The van der Waals surface area contributed by atoms with Crippen LogP contribution in [0.1, 0.15) is 57.9 Å². The number of hydrogen-bond donors (Lipinski definition) is 11. The lowest BCUT2D eigenvalue weighted by Gasteiger charge is -2.27. The number of rotatable bonds is 22. The zero-order valence-electron chi connectivity index (χ0n) is 27.2. The number of hydrogen-bond acceptors (Lipinski definition) is 10. The van der Waals surface area contributed by atoms with Gasteiger partial charge in [-0.15, -0.1) is 0 Å². The number of guanidine groups is 1. The Labute approximate surface area is 278 Å². The lowest BCUT2D eigenvalue weighted by molar-refractivity contribution is -0.143. The summed E-state index contributed by atoms with van der Waals surface area (Å²) in [5, 5.41) is 38.4. The monoisotopic (exact) mass is 679 g/mol. The molecule has 1 aromatic rings. The molecule has 0 fully saturated rings. The van der Waals surface area contributed by atoms with Crippen molar-refractivity contribution in [2.45, 2.75) is 89.0 Å². The van der Waals surface area contributed by atoms with Gasteiger partial charge < -0.3 is 59.5 Å². The molecule has 48 heavy (non-hydrogen) atoms. The summed E-state index contributed by atoms with van der Waals surface area (Å²) in [7, 11) is 0. The Morgan fingerprint density at radius 3 is 1.90 bits per heavy atom. The molecule has 0 aromatic heterocycles. The molecule has 0 heterocycles. The number of nitrogens with two attached hydrogens (primary N) is 4. The van der Waals surface area contributed by atoms with E-state index in [0.29, 0.717) is 31.4 Å². The van der Waals surface area contributed by atoms with Gasteiger partial charge in [0.15, 0.2) is 5.96 Å². The van der Waals surface area contributed by atoms with Gasteiger partial charge in [0.1, 0.15) is 29.9 Å². The van der Waals surface area contributed by atoms with E-state index >= 15 is 0 Å². The highest BCUT2D eigenvalue weighted by Crippen LogP contribution is 2.13. The fourth-order valence-corrected chi connectivity index (χ4v) is 4.47. The summed E-state index contributed by atoms with van der Waals surface area (Å²) in [6.45, 7) is 3.71. The second kappa shape index (κ2) is 21.0. The number of benzene rings is 1. The molecule has 0 spiro atoms. The fraction of sp³-hybridized carbons (Fsp3) is 0.567. The minimum absolute atomic E-state index is 0.0240. The molecule has 5 atom stereocenters. The Bertz CT molecular complexity index is 1270. The SMILES string of the molecule is CC(C)[C@H](NC(=O)[C@H](CC(=O)O)NC(=O)[C@H](CCCCN)NC(=O)[C@@H](N)CCCN=C(N)N)C(=O)N[C@H](Cc1ccc(O)cc1)C(=O)O. The number of carbonyl (C=O) groups is 6. The van der Waals surface area contributed by atoms with Gasteiger partial charge in [-0.2, -0.15) is 0 Å². The molecule has 0 aliphatic heterocycles. The number of unbranched alkanes of at least 4 members (excludes halogenated alkanes) is 1. The van der Waals surface area contributed by atoms with E-state index in [-0.39, 0.29) is 37.5 Å². The highest BCUT2D eigenvalue weighted by Gasteiger charge is 2.34. The predicted molar refractivity (Wildman–Crippen MR) is 175 cm³/mol. The van der Waals surface area contributed by atoms with E-state index in [2.05, 4.69) is 26.3 Å². The zero-order valence-corrected chi connectivity index (χ0v) is 27.2. The Kier molecular flexibility index (Phi) is 18.0. The number of carbonyl (C=O) groups excluding carboxylic acids is 4. The molecular formula is C30H49N9O9. The third kappa shape index (κ3) is 15.5. The summed E-state index contributed by atoms with van der Waals surface area (Å²) >= 11 is 0. The maximum Gasteiger partial charge on any atom is 0.326 e. The highest BCUT2D eigenvalue weighted by atomic mass is 16.4. The summed E-state index contributed by atoms with van der Waals surface area (Å²) in [6.07, 6.45) is 0.608. The molecule has 4 amide bonds. The van der Waals surface area contributed by atoms with Crippen molar-refractivity contribution in [3.05, 3.63) is 29.8 Å². The van der Waals surface area contributed by atoms with Crippen molar-refractivity contribution in [2.24, 2.45) is 33.8 Å². The van der Waals surface area contributed by atoms with Crippen molar-refractivity contribution in [3.63, 3.8) is 0 Å². The number of aliphatic carboxylic acids is 2. The van der Waals surface area contributed by atoms with Gasteiger partial charge in [0, 0.05) is 13.0 Å². The van der Waals surface area contributed by atoms with Gasteiger partial charge >= 0.3 is 11.9 Å². The topological polar surface area (TPSA) is 328 Å². The Morgan fingerprint density at radius 2 is 1.35 bits per heavy atom. The van der Waals surface area contributed by atoms with Gasteiger partial charge in [-0.1, -0.05) is 26.0 Å². The number of nitrogens with one attached hydrogen (secondary N) is 4. The maximum atomic E-state index is 13.3. The molecule has 268 valence electrons. The van der Waals surface area contributed by atoms with Crippen LogP contribution in [-0.2, 0) is 35.2 Å². The van der Waals surface area contributed by atoms with Gasteiger partial charge in [-0.3, -0.25) is 29.0 Å². The number of phenolic OH excluding ortho intramolecular Hbond substituents is 1. The number of carboxylic acid groups (broad SMARTS) is 2. The Morgan fingerprint density at radius 1 is 0.771 bits per heavy atom. The average molecular weight is 680 g/mol. The predicted octanol–water partition coefficient (Wildman–Crippen LogP) is -2.40. The van der Waals surface area contributed by atoms with Crippen LogP contribution >= 0.6 is 0 Å². The summed E-state index contributed by atoms with van der Waals surface area (Å²) in [5.74, 6) is -6.91. The minimum atomic E-state index is -1.67. The molecule has 15 N–H and O–H groups in total.